The Morgan fingerprint density at radius 2 is 2.00 bits per heavy atom. The van der Waals surface area contributed by atoms with Crippen molar-refractivity contribution in [3.05, 3.63) is 40.3 Å². The van der Waals surface area contributed by atoms with Gasteiger partial charge in [0.15, 0.2) is 9.84 Å². The number of nitrogens with one attached hydrogen (secondary N) is 1. The summed E-state index contributed by atoms with van der Waals surface area (Å²) < 4.78 is 28.8. The van der Waals surface area contributed by atoms with Crippen molar-refractivity contribution in [2.75, 3.05) is 18.6 Å². The molecular weight excluding hydrogens is 370 g/mol. The summed E-state index contributed by atoms with van der Waals surface area (Å²) in [7, 11) is -1.39. The highest BCUT2D eigenvalue weighted by atomic mass is 32.2. The van der Waals surface area contributed by atoms with Crippen LogP contribution in [0.15, 0.2) is 24.3 Å². The molecule has 1 aromatic heterocycles. The SMILES string of the molecule is COc1ccc2c(c1)CCc1cc(C(=O)NC3(C)CCS(=O)(=O)C3)sc1-2. The van der Waals surface area contributed by atoms with E-state index in [-0.39, 0.29) is 17.4 Å². The Balaban J connectivity index is 1.60. The maximum absolute atomic E-state index is 12.7. The Morgan fingerprint density at radius 1 is 1.23 bits per heavy atom. The zero-order chi connectivity index (χ0) is 18.5. The van der Waals surface area contributed by atoms with Gasteiger partial charge in [-0.3, -0.25) is 4.79 Å². The number of rotatable bonds is 3. The first-order chi connectivity index (χ1) is 12.3. The second-order valence-electron chi connectivity index (χ2n) is 7.34. The van der Waals surface area contributed by atoms with Gasteiger partial charge < -0.3 is 10.1 Å². The maximum Gasteiger partial charge on any atom is 0.261 e. The van der Waals surface area contributed by atoms with Gasteiger partial charge >= 0.3 is 0 Å². The molecule has 2 heterocycles. The van der Waals surface area contributed by atoms with Gasteiger partial charge in [-0.1, -0.05) is 0 Å². The van der Waals surface area contributed by atoms with Crippen molar-refractivity contribution in [2.45, 2.75) is 31.7 Å². The van der Waals surface area contributed by atoms with E-state index in [2.05, 4.69) is 17.4 Å². The number of carbonyl (C=O) groups is 1. The number of hydrogen-bond acceptors (Lipinski definition) is 5. The lowest BCUT2D eigenvalue weighted by Crippen LogP contribution is -2.46. The fraction of sp³-hybridized carbons (Fsp3) is 0.421. The minimum atomic E-state index is -3.05. The normalized spacial score (nSPS) is 23.2. The lowest BCUT2D eigenvalue weighted by molar-refractivity contribution is 0.0919. The van der Waals surface area contributed by atoms with Gasteiger partial charge in [-0.15, -0.1) is 11.3 Å². The van der Waals surface area contributed by atoms with Gasteiger partial charge in [0.25, 0.3) is 5.91 Å². The second kappa shape index (κ2) is 6.09. The van der Waals surface area contributed by atoms with E-state index < -0.39 is 15.4 Å². The molecule has 1 atom stereocenters. The largest absolute Gasteiger partial charge is 0.497 e. The highest BCUT2D eigenvalue weighted by molar-refractivity contribution is 7.91. The van der Waals surface area contributed by atoms with E-state index in [9.17, 15) is 13.2 Å². The van der Waals surface area contributed by atoms with Gasteiger partial charge in [-0.05, 0) is 67.1 Å². The molecule has 1 unspecified atom stereocenters. The molecule has 1 aromatic carbocycles. The molecule has 1 saturated heterocycles. The highest BCUT2D eigenvalue weighted by Crippen LogP contribution is 2.41. The number of carbonyl (C=O) groups excluding carboxylic acids is 1. The zero-order valence-electron chi connectivity index (χ0n) is 14.8. The van der Waals surface area contributed by atoms with Crippen LogP contribution in [0.25, 0.3) is 10.4 Å². The number of methoxy groups -OCH3 is 1. The van der Waals surface area contributed by atoms with Crippen molar-refractivity contribution in [1.29, 1.82) is 0 Å². The molecule has 0 saturated carbocycles. The van der Waals surface area contributed by atoms with Crippen molar-refractivity contribution < 1.29 is 17.9 Å². The van der Waals surface area contributed by atoms with E-state index in [1.54, 1.807) is 7.11 Å². The van der Waals surface area contributed by atoms with Crippen LogP contribution in [0.5, 0.6) is 5.75 Å². The van der Waals surface area contributed by atoms with Crippen LogP contribution in [0.2, 0.25) is 0 Å². The number of hydrogen-bond donors (Lipinski definition) is 1. The number of sulfone groups is 1. The van der Waals surface area contributed by atoms with E-state index in [0.29, 0.717) is 11.3 Å². The molecule has 1 fully saturated rings. The molecular formula is C19H21NO4S2. The number of thiophene rings is 1. The predicted molar refractivity (Wildman–Crippen MR) is 103 cm³/mol. The summed E-state index contributed by atoms with van der Waals surface area (Å²) in [5.74, 6) is 0.815. The summed E-state index contributed by atoms with van der Waals surface area (Å²) in [6.07, 6.45) is 2.28. The molecule has 138 valence electrons. The molecule has 5 nitrogen and oxygen atoms in total. The first-order valence-electron chi connectivity index (χ1n) is 8.62. The van der Waals surface area contributed by atoms with Crippen molar-refractivity contribution in [3.8, 4) is 16.2 Å². The number of fused-ring (bicyclic) bond motifs is 3. The summed E-state index contributed by atoms with van der Waals surface area (Å²) >= 11 is 1.48. The van der Waals surface area contributed by atoms with Gasteiger partial charge in [-0.25, -0.2) is 8.42 Å². The van der Waals surface area contributed by atoms with Gasteiger partial charge in [-0.2, -0.15) is 0 Å². The fourth-order valence-corrected chi connectivity index (χ4v) is 7.05. The minimum absolute atomic E-state index is 0.0134. The molecule has 0 bridgehead atoms. The van der Waals surface area contributed by atoms with Crippen LogP contribution in [0, 0.1) is 0 Å². The van der Waals surface area contributed by atoms with Crippen molar-refractivity contribution in [2.24, 2.45) is 0 Å². The third-order valence-corrected chi connectivity index (χ3v) is 8.28. The van der Waals surface area contributed by atoms with Crippen LogP contribution in [0.1, 0.15) is 34.1 Å². The molecule has 1 N–H and O–H groups in total. The Bertz CT molecular complexity index is 993. The van der Waals surface area contributed by atoms with Crippen molar-refractivity contribution >= 4 is 27.1 Å². The first-order valence-corrected chi connectivity index (χ1v) is 11.3. The molecule has 26 heavy (non-hydrogen) atoms. The third kappa shape index (κ3) is 3.14. The lowest BCUT2D eigenvalue weighted by atomic mass is 9.91. The number of benzene rings is 1. The zero-order valence-corrected chi connectivity index (χ0v) is 16.4. The predicted octanol–water partition coefficient (Wildman–Crippen LogP) is 2.83. The van der Waals surface area contributed by atoms with Crippen LogP contribution in [0.4, 0.5) is 0 Å². The standard InChI is InChI=1S/C19H21NO4S2/c1-19(7-8-26(22,23)11-19)20-18(21)16-10-13-4-3-12-9-14(24-2)5-6-15(12)17(13)25-16/h5-6,9-10H,3-4,7-8,11H2,1-2H3,(H,20,21). The molecule has 0 radical (unpaired) electrons. The van der Waals surface area contributed by atoms with Crippen LogP contribution in [-0.2, 0) is 22.7 Å². The van der Waals surface area contributed by atoms with E-state index in [4.69, 9.17) is 4.74 Å². The molecule has 0 spiro atoms. The fourth-order valence-electron chi connectivity index (χ4n) is 3.79. The lowest BCUT2D eigenvalue weighted by Gasteiger charge is -2.23. The monoisotopic (exact) mass is 391 g/mol. The molecule has 2 aromatic rings. The summed E-state index contributed by atoms with van der Waals surface area (Å²) in [6.45, 7) is 1.81. The number of aryl methyl sites for hydroxylation is 2. The molecule has 4 rings (SSSR count). The van der Waals surface area contributed by atoms with E-state index in [0.717, 1.165) is 29.0 Å². The third-order valence-electron chi connectivity index (χ3n) is 5.17. The summed E-state index contributed by atoms with van der Waals surface area (Å²) in [5.41, 5.74) is 2.90. The average molecular weight is 392 g/mol. The molecule has 1 aliphatic heterocycles. The van der Waals surface area contributed by atoms with Crippen molar-refractivity contribution in [3.63, 3.8) is 0 Å². The second-order valence-corrected chi connectivity index (χ2v) is 10.6. The Kier molecular flexibility index (Phi) is 4.11. The van der Waals surface area contributed by atoms with Crippen LogP contribution < -0.4 is 10.1 Å². The first kappa shape index (κ1) is 17.5. The van der Waals surface area contributed by atoms with Gasteiger partial charge in [0.05, 0.1) is 29.0 Å². The topological polar surface area (TPSA) is 72.5 Å². The van der Waals surface area contributed by atoms with E-state index in [1.165, 1.54) is 22.5 Å². The summed E-state index contributed by atoms with van der Waals surface area (Å²) in [5, 5.41) is 2.95. The van der Waals surface area contributed by atoms with E-state index in [1.807, 2.05) is 19.1 Å². The van der Waals surface area contributed by atoms with Gasteiger partial charge in [0.1, 0.15) is 5.75 Å². The van der Waals surface area contributed by atoms with Crippen LogP contribution in [-0.4, -0.2) is 38.5 Å². The summed E-state index contributed by atoms with van der Waals surface area (Å²) in [4.78, 5) is 14.5. The number of ether oxygens (including phenoxy) is 1. The maximum atomic E-state index is 12.7. The van der Waals surface area contributed by atoms with Crippen molar-refractivity contribution in [1.82, 2.24) is 5.32 Å². The molecule has 1 amide bonds. The van der Waals surface area contributed by atoms with Gasteiger partial charge in [0.2, 0.25) is 0 Å². The Morgan fingerprint density at radius 3 is 2.69 bits per heavy atom. The highest BCUT2D eigenvalue weighted by Gasteiger charge is 2.40. The van der Waals surface area contributed by atoms with Gasteiger partial charge in [0, 0.05) is 4.88 Å². The minimum Gasteiger partial charge on any atom is -0.497 e. The van der Waals surface area contributed by atoms with E-state index >= 15 is 0 Å². The average Bonchev–Trinajstić information content (AvgIpc) is 3.15. The quantitative estimate of drug-likeness (QED) is 0.873. The molecule has 2 aliphatic rings. The number of amides is 1. The summed E-state index contributed by atoms with van der Waals surface area (Å²) in [6, 6.07) is 8.00. The Hall–Kier alpha value is -1.86. The Labute approximate surface area is 157 Å². The van der Waals surface area contributed by atoms with Crippen LogP contribution in [0.3, 0.4) is 0 Å². The van der Waals surface area contributed by atoms with Crippen LogP contribution >= 0.6 is 11.3 Å². The molecule has 7 heteroatoms. The molecule has 1 aliphatic carbocycles. The smallest absolute Gasteiger partial charge is 0.261 e.